The molecule has 1 aromatic carbocycles. The van der Waals surface area contributed by atoms with E-state index in [1.807, 2.05) is 13.0 Å². The van der Waals surface area contributed by atoms with Gasteiger partial charge in [-0.25, -0.2) is 4.98 Å². The third kappa shape index (κ3) is 3.43. The number of anilines is 2. The van der Waals surface area contributed by atoms with Crippen LogP contribution in [0.2, 0.25) is 0 Å². The molecule has 3 N–H and O–H groups in total. The van der Waals surface area contributed by atoms with E-state index in [0.717, 1.165) is 23.1 Å². The van der Waals surface area contributed by atoms with E-state index in [2.05, 4.69) is 19.2 Å². The first-order valence-corrected chi connectivity index (χ1v) is 10.8. The fourth-order valence-corrected chi connectivity index (χ4v) is 5.23. The molecular formula is C23H25N3O3S. The molecule has 1 aliphatic rings. The smallest absolute Gasteiger partial charge is 0.267 e. The minimum absolute atomic E-state index is 0.112. The van der Waals surface area contributed by atoms with Crippen molar-refractivity contribution in [2.24, 2.45) is 5.41 Å². The monoisotopic (exact) mass is 423 g/mol. The number of thiophene rings is 1. The van der Waals surface area contributed by atoms with Gasteiger partial charge < -0.3 is 15.8 Å². The SMILES string of the molecule is CCc1c2c(nc3sc(C(=O)Nc4cccc(OC)c4)c(N)c13)CC(C)(C)CC2=O. The average Bonchev–Trinajstić information content (AvgIpc) is 3.02. The number of carbonyl (C=O) groups is 2. The molecule has 6 nitrogen and oxygen atoms in total. The zero-order valence-corrected chi connectivity index (χ0v) is 18.4. The molecule has 0 unspecified atom stereocenters. The van der Waals surface area contributed by atoms with Crippen LogP contribution in [-0.2, 0) is 12.8 Å². The topological polar surface area (TPSA) is 94.3 Å². The standard InChI is InChI=1S/C23H25N3O3S/c1-5-14-17-15(10-23(2,3)11-16(17)27)26-22-18(14)19(24)20(30-22)21(28)25-12-7-6-8-13(9-12)29-4/h6-9H,5,10-11,24H2,1-4H3,(H,25,28). The van der Waals surface area contributed by atoms with E-state index in [9.17, 15) is 9.59 Å². The maximum atomic E-state index is 13.0. The number of hydrogen-bond donors (Lipinski definition) is 2. The van der Waals surface area contributed by atoms with Crippen molar-refractivity contribution in [3.63, 3.8) is 0 Å². The molecule has 0 fully saturated rings. The number of hydrogen-bond acceptors (Lipinski definition) is 6. The van der Waals surface area contributed by atoms with Crippen molar-refractivity contribution < 1.29 is 14.3 Å². The van der Waals surface area contributed by atoms with Crippen LogP contribution >= 0.6 is 11.3 Å². The minimum atomic E-state index is -0.296. The van der Waals surface area contributed by atoms with Gasteiger partial charge in [-0.15, -0.1) is 11.3 Å². The lowest BCUT2D eigenvalue weighted by Crippen LogP contribution is -2.29. The van der Waals surface area contributed by atoms with Crippen molar-refractivity contribution in [2.75, 3.05) is 18.2 Å². The second-order valence-corrected chi connectivity index (χ2v) is 9.42. The number of nitrogen functional groups attached to an aromatic ring is 1. The van der Waals surface area contributed by atoms with Crippen LogP contribution in [0, 0.1) is 5.41 Å². The van der Waals surface area contributed by atoms with Crippen molar-refractivity contribution in [3.05, 3.63) is 46.0 Å². The quantitative estimate of drug-likeness (QED) is 0.625. The van der Waals surface area contributed by atoms with Crippen LogP contribution in [0.5, 0.6) is 5.75 Å². The summed E-state index contributed by atoms with van der Waals surface area (Å²) in [6.07, 6.45) is 1.89. The van der Waals surface area contributed by atoms with Crippen LogP contribution < -0.4 is 15.8 Å². The average molecular weight is 424 g/mol. The first-order chi connectivity index (χ1) is 14.2. The molecule has 0 aliphatic heterocycles. The Balaban J connectivity index is 1.80. The summed E-state index contributed by atoms with van der Waals surface area (Å²) in [6.45, 7) is 6.18. The molecule has 0 radical (unpaired) electrons. The molecule has 0 saturated carbocycles. The van der Waals surface area contributed by atoms with Gasteiger partial charge in [0, 0.05) is 29.1 Å². The van der Waals surface area contributed by atoms with Gasteiger partial charge in [0.05, 0.1) is 18.5 Å². The fraction of sp³-hybridized carbons (Fsp3) is 0.348. The molecule has 2 heterocycles. The van der Waals surface area contributed by atoms with E-state index >= 15 is 0 Å². The third-order valence-corrected chi connectivity index (χ3v) is 6.60. The largest absolute Gasteiger partial charge is 0.497 e. The molecule has 1 aliphatic carbocycles. The van der Waals surface area contributed by atoms with E-state index in [4.69, 9.17) is 15.5 Å². The molecule has 0 atom stereocenters. The number of ketones is 1. The molecule has 0 bridgehead atoms. The highest BCUT2D eigenvalue weighted by Crippen LogP contribution is 2.42. The van der Waals surface area contributed by atoms with Crippen molar-refractivity contribution in [2.45, 2.75) is 40.0 Å². The fourth-order valence-electron chi connectivity index (χ4n) is 4.19. The Morgan fingerprint density at radius 2 is 2.10 bits per heavy atom. The lowest BCUT2D eigenvalue weighted by Gasteiger charge is -2.30. The number of benzene rings is 1. The van der Waals surface area contributed by atoms with E-state index < -0.39 is 0 Å². The van der Waals surface area contributed by atoms with Gasteiger partial charge >= 0.3 is 0 Å². The zero-order valence-electron chi connectivity index (χ0n) is 17.6. The van der Waals surface area contributed by atoms with Crippen LogP contribution in [0.1, 0.15) is 58.5 Å². The Morgan fingerprint density at radius 3 is 2.80 bits per heavy atom. The van der Waals surface area contributed by atoms with Gasteiger partial charge in [-0.05, 0) is 36.0 Å². The maximum Gasteiger partial charge on any atom is 0.267 e. The number of rotatable bonds is 4. The Kier molecular flexibility index (Phi) is 5.02. The normalized spacial score (nSPS) is 15.1. The van der Waals surface area contributed by atoms with Gasteiger partial charge in [-0.2, -0.15) is 0 Å². The number of aromatic nitrogens is 1. The number of nitrogens with one attached hydrogen (secondary N) is 1. The maximum absolute atomic E-state index is 13.0. The van der Waals surface area contributed by atoms with Crippen LogP contribution in [0.4, 0.5) is 11.4 Å². The van der Waals surface area contributed by atoms with Gasteiger partial charge in [-0.1, -0.05) is 26.8 Å². The predicted molar refractivity (Wildman–Crippen MR) is 121 cm³/mol. The lowest BCUT2D eigenvalue weighted by atomic mass is 9.74. The van der Waals surface area contributed by atoms with E-state index in [0.29, 0.717) is 45.2 Å². The molecule has 156 valence electrons. The Morgan fingerprint density at radius 1 is 1.33 bits per heavy atom. The predicted octanol–water partition coefficient (Wildman–Crippen LogP) is 4.86. The summed E-state index contributed by atoms with van der Waals surface area (Å²) in [5.74, 6) is 0.469. The van der Waals surface area contributed by atoms with Crippen LogP contribution in [0.3, 0.4) is 0 Å². The number of Topliss-reactive ketones (excluding diaryl/α,β-unsaturated/α-hetero) is 1. The number of ether oxygens (including phenoxy) is 1. The number of amides is 1. The summed E-state index contributed by atoms with van der Waals surface area (Å²) in [6, 6.07) is 7.15. The van der Waals surface area contributed by atoms with Crippen LogP contribution in [0.25, 0.3) is 10.2 Å². The zero-order chi connectivity index (χ0) is 21.6. The lowest BCUT2D eigenvalue weighted by molar-refractivity contribution is 0.0909. The first kappa shape index (κ1) is 20.3. The second kappa shape index (κ2) is 7.40. The summed E-state index contributed by atoms with van der Waals surface area (Å²) in [5, 5.41) is 3.62. The molecule has 7 heteroatoms. The van der Waals surface area contributed by atoms with Crippen molar-refractivity contribution in [1.82, 2.24) is 4.98 Å². The molecular weight excluding hydrogens is 398 g/mol. The highest BCUT2D eigenvalue weighted by atomic mass is 32.1. The highest BCUT2D eigenvalue weighted by molar-refractivity contribution is 7.21. The highest BCUT2D eigenvalue weighted by Gasteiger charge is 2.35. The van der Waals surface area contributed by atoms with Gasteiger partial charge in [0.2, 0.25) is 0 Å². The second-order valence-electron chi connectivity index (χ2n) is 8.42. The molecule has 0 spiro atoms. The summed E-state index contributed by atoms with van der Waals surface area (Å²) in [7, 11) is 1.58. The summed E-state index contributed by atoms with van der Waals surface area (Å²) in [4.78, 5) is 31.8. The summed E-state index contributed by atoms with van der Waals surface area (Å²) in [5.41, 5.74) is 9.75. The Labute approximate surface area is 179 Å². The van der Waals surface area contributed by atoms with Gasteiger partial charge in [0.15, 0.2) is 5.78 Å². The number of aryl methyl sites for hydroxylation is 1. The number of fused-ring (bicyclic) bond motifs is 2. The molecule has 1 amide bonds. The number of nitrogens with two attached hydrogens (primary N) is 1. The van der Waals surface area contributed by atoms with Gasteiger partial charge in [0.25, 0.3) is 5.91 Å². The molecule has 2 aromatic heterocycles. The number of methoxy groups -OCH3 is 1. The van der Waals surface area contributed by atoms with Crippen molar-refractivity contribution in [1.29, 1.82) is 0 Å². The number of pyridine rings is 1. The van der Waals surface area contributed by atoms with Gasteiger partial charge in [-0.3, -0.25) is 9.59 Å². The molecule has 0 saturated heterocycles. The Bertz CT molecular complexity index is 1180. The van der Waals surface area contributed by atoms with Gasteiger partial charge in [0.1, 0.15) is 15.5 Å². The molecule has 3 aromatic rings. The van der Waals surface area contributed by atoms with E-state index in [-0.39, 0.29) is 17.1 Å². The van der Waals surface area contributed by atoms with Crippen molar-refractivity contribution >= 4 is 44.6 Å². The molecule has 30 heavy (non-hydrogen) atoms. The third-order valence-electron chi connectivity index (χ3n) is 5.51. The van der Waals surface area contributed by atoms with E-state index in [1.54, 1.807) is 25.3 Å². The van der Waals surface area contributed by atoms with Crippen LogP contribution in [0.15, 0.2) is 24.3 Å². The number of nitrogens with zero attached hydrogens (tertiary/aromatic N) is 1. The minimum Gasteiger partial charge on any atom is -0.497 e. The summed E-state index contributed by atoms with van der Waals surface area (Å²) < 4.78 is 5.21. The number of carbonyl (C=O) groups excluding carboxylic acids is 2. The summed E-state index contributed by atoms with van der Waals surface area (Å²) >= 11 is 1.27. The van der Waals surface area contributed by atoms with E-state index in [1.165, 1.54) is 11.3 Å². The van der Waals surface area contributed by atoms with Crippen molar-refractivity contribution in [3.8, 4) is 5.75 Å². The van der Waals surface area contributed by atoms with Crippen LogP contribution in [-0.4, -0.2) is 23.8 Å². The Hall–Kier alpha value is -2.93. The molecule has 4 rings (SSSR count). The first-order valence-electron chi connectivity index (χ1n) is 9.96.